The number of nitrogens with one attached hydrogen (secondary N) is 2. The molecule has 1 aromatic carbocycles. The fourth-order valence-corrected chi connectivity index (χ4v) is 4.04. The van der Waals surface area contributed by atoms with Gasteiger partial charge in [-0.05, 0) is 44.9 Å². The standard InChI is InChI=1S/C15H25N3O2S/c1-12(2)18-9-8-13(11-18)10-17-21(19,20)15-7-5-4-6-14(15)16-3/h4-7,12-13,16-17H,8-11H2,1-3H3. The van der Waals surface area contributed by atoms with Crippen molar-refractivity contribution in [1.82, 2.24) is 9.62 Å². The number of para-hydroxylation sites is 1. The maximum atomic E-state index is 12.4. The molecule has 0 aliphatic carbocycles. The quantitative estimate of drug-likeness (QED) is 0.840. The zero-order chi connectivity index (χ0) is 15.5. The molecule has 118 valence electrons. The maximum absolute atomic E-state index is 12.4. The molecule has 1 saturated heterocycles. The molecule has 0 amide bonds. The Morgan fingerprint density at radius 3 is 2.67 bits per heavy atom. The van der Waals surface area contributed by atoms with Crippen molar-refractivity contribution in [2.75, 3.05) is 32.0 Å². The average Bonchev–Trinajstić information content (AvgIpc) is 2.94. The molecule has 1 aliphatic rings. The molecule has 0 radical (unpaired) electrons. The number of nitrogens with zero attached hydrogens (tertiary/aromatic N) is 1. The van der Waals surface area contributed by atoms with Crippen LogP contribution in [-0.4, -0.2) is 46.0 Å². The smallest absolute Gasteiger partial charge is 0.242 e. The Morgan fingerprint density at radius 2 is 2.05 bits per heavy atom. The number of likely N-dealkylation sites (tertiary alicyclic amines) is 1. The largest absolute Gasteiger partial charge is 0.387 e. The van der Waals surface area contributed by atoms with Crippen LogP contribution >= 0.6 is 0 Å². The van der Waals surface area contributed by atoms with E-state index in [9.17, 15) is 8.42 Å². The van der Waals surface area contributed by atoms with Crippen molar-refractivity contribution in [3.63, 3.8) is 0 Å². The van der Waals surface area contributed by atoms with Crippen molar-refractivity contribution < 1.29 is 8.42 Å². The summed E-state index contributed by atoms with van der Waals surface area (Å²) in [6.07, 6.45) is 1.05. The summed E-state index contributed by atoms with van der Waals surface area (Å²) in [6.45, 7) is 6.88. The SMILES string of the molecule is CNc1ccccc1S(=O)(=O)NCC1CCN(C(C)C)C1. The summed E-state index contributed by atoms with van der Waals surface area (Å²) in [6, 6.07) is 7.48. The molecule has 1 atom stereocenters. The third-order valence-corrected chi connectivity index (χ3v) is 5.54. The van der Waals surface area contributed by atoms with Crippen LogP contribution < -0.4 is 10.0 Å². The first-order chi connectivity index (χ1) is 9.94. The van der Waals surface area contributed by atoms with Crippen molar-refractivity contribution in [1.29, 1.82) is 0 Å². The highest BCUT2D eigenvalue weighted by atomic mass is 32.2. The second-order valence-corrected chi connectivity index (χ2v) is 7.58. The van der Waals surface area contributed by atoms with Gasteiger partial charge in [0.1, 0.15) is 4.90 Å². The molecule has 1 aliphatic heterocycles. The van der Waals surface area contributed by atoms with E-state index >= 15 is 0 Å². The van der Waals surface area contributed by atoms with Crippen LogP contribution in [0.5, 0.6) is 0 Å². The second-order valence-electron chi connectivity index (χ2n) is 5.84. The van der Waals surface area contributed by atoms with Gasteiger partial charge in [-0.15, -0.1) is 0 Å². The van der Waals surface area contributed by atoms with E-state index in [0.29, 0.717) is 29.1 Å². The van der Waals surface area contributed by atoms with Crippen LogP contribution in [0.15, 0.2) is 29.2 Å². The monoisotopic (exact) mass is 311 g/mol. The van der Waals surface area contributed by atoms with Gasteiger partial charge in [0, 0.05) is 26.2 Å². The highest BCUT2D eigenvalue weighted by molar-refractivity contribution is 7.89. The number of hydrogen-bond acceptors (Lipinski definition) is 4. The number of hydrogen-bond donors (Lipinski definition) is 2. The molecule has 5 nitrogen and oxygen atoms in total. The summed E-state index contributed by atoms with van der Waals surface area (Å²) in [7, 11) is -1.73. The number of anilines is 1. The molecule has 6 heteroatoms. The van der Waals surface area contributed by atoms with Gasteiger partial charge in [0.2, 0.25) is 10.0 Å². The molecule has 0 spiro atoms. The van der Waals surface area contributed by atoms with Gasteiger partial charge in [0.15, 0.2) is 0 Å². The minimum atomic E-state index is -3.46. The molecule has 1 unspecified atom stereocenters. The van der Waals surface area contributed by atoms with Crippen LogP contribution in [0, 0.1) is 5.92 Å². The molecule has 0 saturated carbocycles. The van der Waals surface area contributed by atoms with Gasteiger partial charge in [-0.25, -0.2) is 13.1 Å². The predicted molar refractivity (Wildman–Crippen MR) is 86.0 cm³/mol. The highest BCUT2D eigenvalue weighted by Gasteiger charge is 2.26. The molecular weight excluding hydrogens is 286 g/mol. The maximum Gasteiger partial charge on any atom is 0.242 e. The zero-order valence-electron chi connectivity index (χ0n) is 13.0. The molecule has 2 N–H and O–H groups in total. The molecular formula is C15H25N3O2S. The summed E-state index contributed by atoms with van der Waals surface area (Å²) in [4.78, 5) is 2.70. The lowest BCUT2D eigenvalue weighted by Crippen LogP contribution is -2.33. The topological polar surface area (TPSA) is 61.4 Å². The van der Waals surface area contributed by atoms with Crippen molar-refractivity contribution in [3.05, 3.63) is 24.3 Å². The Hall–Kier alpha value is -1.11. The Bertz CT molecular complexity index is 572. The Morgan fingerprint density at radius 1 is 1.33 bits per heavy atom. The molecule has 1 aromatic rings. The van der Waals surface area contributed by atoms with Gasteiger partial charge >= 0.3 is 0 Å². The third kappa shape index (κ3) is 3.96. The predicted octanol–water partition coefficient (Wildman–Crippen LogP) is 1.74. The summed E-state index contributed by atoms with van der Waals surface area (Å²) < 4.78 is 27.6. The minimum absolute atomic E-state index is 0.311. The fourth-order valence-electron chi connectivity index (χ4n) is 2.71. The third-order valence-electron chi connectivity index (χ3n) is 4.06. The van der Waals surface area contributed by atoms with E-state index in [1.165, 1.54) is 0 Å². The van der Waals surface area contributed by atoms with E-state index in [1.807, 2.05) is 6.07 Å². The molecule has 1 heterocycles. The number of rotatable bonds is 6. The van der Waals surface area contributed by atoms with Gasteiger partial charge in [-0.2, -0.15) is 0 Å². The van der Waals surface area contributed by atoms with Crippen LogP contribution in [0.4, 0.5) is 5.69 Å². The number of sulfonamides is 1. The normalized spacial score (nSPS) is 20.1. The molecule has 0 aromatic heterocycles. The van der Waals surface area contributed by atoms with E-state index in [4.69, 9.17) is 0 Å². The zero-order valence-corrected chi connectivity index (χ0v) is 13.8. The highest BCUT2D eigenvalue weighted by Crippen LogP contribution is 2.22. The first-order valence-corrected chi connectivity index (χ1v) is 8.93. The van der Waals surface area contributed by atoms with E-state index in [1.54, 1.807) is 25.2 Å². The summed E-state index contributed by atoms with van der Waals surface area (Å²) >= 11 is 0. The van der Waals surface area contributed by atoms with Crippen molar-refractivity contribution in [2.45, 2.75) is 31.2 Å². The van der Waals surface area contributed by atoms with Gasteiger partial charge in [-0.1, -0.05) is 12.1 Å². The van der Waals surface area contributed by atoms with Crippen molar-refractivity contribution >= 4 is 15.7 Å². The van der Waals surface area contributed by atoms with Gasteiger partial charge in [0.05, 0.1) is 5.69 Å². The summed E-state index contributed by atoms with van der Waals surface area (Å²) in [5.74, 6) is 0.393. The molecule has 21 heavy (non-hydrogen) atoms. The van der Waals surface area contributed by atoms with E-state index < -0.39 is 10.0 Å². The molecule has 2 rings (SSSR count). The van der Waals surface area contributed by atoms with Crippen LogP contribution in [0.1, 0.15) is 20.3 Å². The van der Waals surface area contributed by atoms with Crippen LogP contribution in [0.25, 0.3) is 0 Å². The summed E-state index contributed by atoms with van der Waals surface area (Å²) in [5, 5.41) is 2.92. The first-order valence-electron chi connectivity index (χ1n) is 7.44. The summed E-state index contributed by atoms with van der Waals surface area (Å²) in [5.41, 5.74) is 0.625. The minimum Gasteiger partial charge on any atom is -0.387 e. The first kappa shape index (κ1) is 16.3. The average molecular weight is 311 g/mol. The van der Waals surface area contributed by atoms with Gasteiger partial charge in [-0.3, -0.25) is 0 Å². The van der Waals surface area contributed by atoms with E-state index in [2.05, 4.69) is 28.8 Å². The van der Waals surface area contributed by atoms with Gasteiger partial charge in [0.25, 0.3) is 0 Å². The Balaban J connectivity index is 1.99. The van der Waals surface area contributed by atoms with Crippen molar-refractivity contribution in [2.24, 2.45) is 5.92 Å². The van der Waals surface area contributed by atoms with Crippen LogP contribution in [0.3, 0.4) is 0 Å². The van der Waals surface area contributed by atoms with Gasteiger partial charge < -0.3 is 10.2 Å². The fraction of sp³-hybridized carbons (Fsp3) is 0.600. The van der Waals surface area contributed by atoms with E-state index in [-0.39, 0.29) is 0 Å². The van der Waals surface area contributed by atoms with Crippen LogP contribution in [-0.2, 0) is 10.0 Å². The lowest BCUT2D eigenvalue weighted by atomic mass is 10.1. The second kappa shape index (κ2) is 6.77. The lowest BCUT2D eigenvalue weighted by molar-refractivity contribution is 0.265. The Labute approximate surface area is 127 Å². The Kier molecular flexibility index (Phi) is 5.24. The lowest BCUT2D eigenvalue weighted by Gasteiger charge is -2.20. The molecule has 0 bridgehead atoms. The number of benzene rings is 1. The van der Waals surface area contributed by atoms with Crippen LogP contribution in [0.2, 0.25) is 0 Å². The molecule has 1 fully saturated rings. The van der Waals surface area contributed by atoms with Crippen molar-refractivity contribution in [3.8, 4) is 0 Å². The van der Waals surface area contributed by atoms with E-state index in [0.717, 1.165) is 19.5 Å².